The molecule has 1 aromatic rings. The van der Waals surface area contributed by atoms with E-state index in [9.17, 15) is 9.18 Å². The molecule has 16 heavy (non-hydrogen) atoms. The molecule has 0 atom stereocenters. The fourth-order valence-corrected chi connectivity index (χ4v) is 1.33. The molecule has 0 heterocycles. The minimum atomic E-state index is -0.715. The maximum absolute atomic E-state index is 13.5. The molecule has 0 fully saturated rings. The van der Waals surface area contributed by atoms with Gasteiger partial charge in [-0.15, -0.1) is 0 Å². The summed E-state index contributed by atoms with van der Waals surface area (Å²) in [5, 5.41) is 0. The lowest BCUT2D eigenvalue weighted by atomic mass is 10.2. The Morgan fingerprint density at radius 2 is 2.06 bits per heavy atom. The van der Waals surface area contributed by atoms with E-state index in [1.807, 2.05) is 0 Å². The quantitative estimate of drug-likeness (QED) is 0.550. The molecule has 1 rings (SSSR count). The first-order valence-electron chi connectivity index (χ1n) is 4.56. The normalized spacial score (nSPS) is 9.69. The van der Waals surface area contributed by atoms with Gasteiger partial charge in [-0.05, 0) is 18.6 Å². The van der Waals surface area contributed by atoms with Gasteiger partial charge in [-0.3, -0.25) is 4.90 Å². The molecular formula is C10H13FN4O. The predicted octanol–water partition coefficient (Wildman–Crippen LogP) is 0.964. The minimum absolute atomic E-state index is 0.164. The lowest BCUT2D eigenvalue weighted by Crippen LogP contribution is -2.30. The third-order valence-corrected chi connectivity index (χ3v) is 2.04. The van der Waals surface area contributed by atoms with E-state index in [-0.39, 0.29) is 11.6 Å². The first-order chi connectivity index (χ1) is 7.43. The van der Waals surface area contributed by atoms with E-state index < -0.39 is 11.8 Å². The zero-order chi connectivity index (χ0) is 12.3. The highest BCUT2D eigenvalue weighted by atomic mass is 19.1. The summed E-state index contributed by atoms with van der Waals surface area (Å²) in [6, 6.07) is 3.81. The molecule has 0 saturated carbocycles. The SMILES string of the molecule is Cc1cccc(F)c1N(C)C(=O)N=C(N)N. The van der Waals surface area contributed by atoms with Crippen molar-refractivity contribution < 1.29 is 9.18 Å². The van der Waals surface area contributed by atoms with Crippen molar-refractivity contribution in [2.75, 3.05) is 11.9 Å². The molecule has 0 unspecified atom stereocenters. The Morgan fingerprint density at radius 1 is 1.44 bits per heavy atom. The second kappa shape index (κ2) is 4.61. The minimum Gasteiger partial charge on any atom is -0.370 e. The molecule has 4 N–H and O–H groups in total. The molecule has 0 aliphatic carbocycles. The Balaban J connectivity index is 3.10. The summed E-state index contributed by atoms with van der Waals surface area (Å²) in [6.45, 7) is 1.69. The lowest BCUT2D eigenvalue weighted by Gasteiger charge is -2.17. The highest BCUT2D eigenvalue weighted by Gasteiger charge is 2.16. The van der Waals surface area contributed by atoms with Crippen LogP contribution in [0.1, 0.15) is 5.56 Å². The Morgan fingerprint density at radius 3 is 2.56 bits per heavy atom. The number of rotatable bonds is 1. The van der Waals surface area contributed by atoms with Crippen molar-refractivity contribution >= 4 is 17.7 Å². The molecule has 0 aliphatic heterocycles. The molecular weight excluding hydrogens is 211 g/mol. The lowest BCUT2D eigenvalue weighted by molar-refractivity contribution is 0.255. The van der Waals surface area contributed by atoms with Crippen molar-refractivity contribution in [3.63, 3.8) is 0 Å². The second-order valence-electron chi connectivity index (χ2n) is 3.28. The molecule has 1 aromatic carbocycles. The fraction of sp³-hybridized carbons (Fsp3) is 0.200. The van der Waals surface area contributed by atoms with Gasteiger partial charge in [0.15, 0.2) is 5.96 Å². The molecule has 2 amide bonds. The average molecular weight is 224 g/mol. The highest BCUT2D eigenvalue weighted by Crippen LogP contribution is 2.22. The number of hydrogen-bond donors (Lipinski definition) is 2. The Labute approximate surface area is 92.6 Å². The van der Waals surface area contributed by atoms with Crippen molar-refractivity contribution in [2.45, 2.75) is 6.92 Å². The topological polar surface area (TPSA) is 84.7 Å². The number of urea groups is 1. The summed E-state index contributed by atoms with van der Waals surface area (Å²) in [7, 11) is 1.40. The van der Waals surface area contributed by atoms with Crippen molar-refractivity contribution in [1.29, 1.82) is 0 Å². The number of nitrogens with zero attached hydrogens (tertiary/aromatic N) is 2. The van der Waals surface area contributed by atoms with E-state index in [0.29, 0.717) is 5.56 Å². The van der Waals surface area contributed by atoms with Gasteiger partial charge in [-0.25, -0.2) is 9.18 Å². The van der Waals surface area contributed by atoms with Crippen molar-refractivity contribution in [3.8, 4) is 0 Å². The van der Waals surface area contributed by atoms with Gasteiger partial charge < -0.3 is 11.5 Å². The number of halogens is 1. The number of para-hydroxylation sites is 1. The van der Waals surface area contributed by atoms with Gasteiger partial charge in [-0.2, -0.15) is 4.99 Å². The van der Waals surface area contributed by atoms with E-state index in [4.69, 9.17) is 11.5 Å². The summed E-state index contributed by atoms with van der Waals surface area (Å²) in [6.07, 6.45) is 0. The van der Waals surface area contributed by atoms with Crippen molar-refractivity contribution in [1.82, 2.24) is 0 Å². The van der Waals surface area contributed by atoms with Gasteiger partial charge in [0, 0.05) is 7.05 Å². The Kier molecular flexibility index (Phi) is 3.44. The fourth-order valence-electron chi connectivity index (χ4n) is 1.33. The summed E-state index contributed by atoms with van der Waals surface area (Å²) in [5.74, 6) is -0.854. The van der Waals surface area contributed by atoms with Crippen LogP contribution in [0, 0.1) is 12.7 Å². The summed E-state index contributed by atoms with van der Waals surface area (Å²) < 4.78 is 13.5. The maximum atomic E-state index is 13.5. The van der Waals surface area contributed by atoms with Gasteiger partial charge in [-0.1, -0.05) is 12.1 Å². The smallest absolute Gasteiger partial charge is 0.351 e. The number of benzene rings is 1. The maximum Gasteiger partial charge on any atom is 0.351 e. The van der Waals surface area contributed by atoms with Crippen LogP contribution in [0.15, 0.2) is 23.2 Å². The van der Waals surface area contributed by atoms with Crippen molar-refractivity contribution in [3.05, 3.63) is 29.6 Å². The molecule has 0 aliphatic rings. The molecule has 5 nitrogen and oxygen atoms in total. The van der Waals surface area contributed by atoms with E-state index in [0.717, 1.165) is 4.90 Å². The van der Waals surface area contributed by atoms with Crippen LogP contribution in [-0.2, 0) is 0 Å². The number of amides is 2. The van der Waals surface area contributed by atoms with Gasteiger partial charge in [0.05, 0.1) is 5.69 Å². The van der Waals surface area contributed by atoms with Crippen molar-refractivity contribution in [2.24, 2.45) is 16.5 Å². The number of nitrogens with two attached hydrogens (primary N) is 2. The highest BCUT2D eigenvalue weighted by molar-refractivity contribution is 5.99. The van der Waals surface area contributed by atoms with E-state index in [1.165, 1.54) is 13.1 Å². The Hall–Kier alpha value is -2.11. The molecule has 0 saturated heterocycles. The third kappa shape index (κ3) is 2.47. The first kappa shape index (κ1) is 12.0. The van der Waals surface area contributed by atoms with Crippen LogP contribution in [0.5, 0.6) is 0 Å². The third-order valence-electron chi connectivity index (χ3n) is 2.04. The number of anilines is 1. The summed E-state index contributed by atoms with van der Waals surface area (Å²) in [4.78, 5) is 15.9. The van der Waals surface area contributed by atoms with Gasteiger partial charge >= 0.3 is 6.03 Å². The van der Waals surface area contributed by atoms with Gasteiger partial charge in [0.25, 0.3) is 0 Å². The van der Waals surface area contributed by atoms with Crippen LogP contribution in [0.3, 0.4) is 0 Å². The zero-order valence-electron chi connectivity index (χ0n) is 9.07. The number of carbonyl (C=O) groups excluding carboxylic acids is 1. The van der Waals surface area contributed by atoms with Crippen LogP contribution >= 0.6 is 0 Å². The first-order valence-corrected chi connectivity index (χ1v) is 4.56. The van der Waals surface area contributed by atoms with E-state index in [1.54, 1.807) is 19.1 Å². The monoisotopic (exact) mass is 224 g/mol. The molecule has 6 heteroatoms. The number of guanidine groups is 1. The standard InChI is InChI=1S/C10H13FN4O/c1-6-4-3-5-7(11)8(6)15(2)10(16)14-9(12)13/h3-5H,1-2H3,(H4,12,13,14,16). The zero-order valence-corrected chi connectivity index (χ0v) is 9.07. The van der Waals surface area contributed by atoms with E-state index in [2.05, 4.69) is 4.99 Å². The van der Waals surface area contributed by atoms with Crippen LogP contribution in [-0.4, -0.2) is 19.0 Å². The second-order valence-corrected chi connectivity index (χ2v) is 3.28. The molecule has 0 spiro atoms. The average Bonchev–Trinajstić information content (AvgIpc) is 2.16. The number of carbonyl (C=O) groups is 1. The molecule has 0 bridgehead atoms. The number of aryl methyl sites for hydroxylation is 1. The predicted molar refractivity (Wildman–Crippen MR) is 60.7 cm³/mol. The van der Waals surface area contributed by atoms with Gasteiger partial charge in [0.2, 0.25) is 0 Å². The van der Waals surface area contributed by atoms with Crippen LogP contribution < -0.4 is 16.4 Å². The van der Waals surface area contributed by atoms with Crippen LogP contribution in [0.2, 0.25) is 0 Å². The Bertz CT molecular complexity index is 420. The number of aliphatic imine (C=N–C) groups is 1. The molecule has 0 aromatic heterocycles. The number of hydrogen-bond acceptors (Lipinski definition) is 1. The van der Waals surface area contributed by atoms with Crippen LogP contribution in [0.25, 0.3) is 0 Å². The van der Waals surface area contributed by atoms with Gasteiger partial charge in [0.1, 0.15) is 5.82 Å². The molecule has 0 radical (unpaired) electrons. The van der Waals surface area contributed by atoms with Crippen LogP contribution in [0.4, 0.5) is 14.9 Å². The molecule has 86 valence electrons. The summed E-state index contributed by atoms with van der Waals surface area (Å²) >= 11 is 0. The largest absolute Gasteiger partial charge is 0.370 e. The summed E-state index contributed by atoms with van der Waals surface area (Å²) in [5.41, 5.74) is 10.9. The van der Waals surface area contributed by atoms with E-state index >= 15 is 0 Å².